The zero-order valence-electron chi connectivity index (χ0n) is 8.83. The maximum atomic E-state index is 13.1. The monoisotopic (exact) mass is 218 g/mol. The van der Waals surface area contributed by atoms with Gasteiger partial charge < -0.3 is 9.88 Å². The van der Waals surface area contributed by atoms with Crippen molar-refractivity contribution in [3.8, 4) is 0 Å². The fourth-order valence-corrected chi connectivity index (χ4v) is 2.28. The Labute approximate surface area is 91.9 Å². The summed E-state index contributed by atoms with van der Waals surface area (Å²) in [5.74, 6) is -0.363. The topological polar surface area (TPSA) is 34.0 Å². The van der Waals surface area contributed by atoms with E-state index in [0.29, 0.717) is 12.2 Å². The Balaban J connectivity index is 2.36. The average molecular weight is 218 g/mol. The van der Waals surface area contributed by atoms with Gasteiger partial charge >= 0.3 is 0 Å². The van der Waals surface area contributed by atoms with Crippen molar-refractivity contribution in [2.24, 2.45) is 0 Å². The van der Waals surface area contributed by atoms with Crippen molar-refractivity contribution in [2.75, 3.05) is 6.54 Å². The normalized spacial score (nSPS) is 19.6. The molecule has 0 bridgehead atoms. The largest absolute Gasteiger partial charge is 0.349 e. The number of amides is 1. The molecule has 1 aliphatic rings. The molecule has 1 amide bonds. The molecule has 1 aliphatic heterocycles. The first-order valence-electron chi connectivity index (χ1n) is 5.25. The molecule has 1 aromatic carbocycles. The SMILES string of the molecule is CC1CNC(=O)c2cc3cc(F)ccc3n21. The Bertz CT molecular complexity index is 588. The maximum absolute atomic E-state index is 13.1. The molecule has 1 aromatic heterocycles. The van der Waals surface area contributed by atoms with Gasteiger partial charge in [-0.15, -0.1) is 0 Å². The number of halogens is 1. The molecule has 0 saturated heterocycles. The van der Waals surface area contributed by atoms with E-state index in [4.69, 9.17) is 0 Å². The summed E-state index contributed by atoms with van der Waals surface area (Å²) in [5, 5.41) is 3.59. The molecule has 0 fully saturated rings. The Hall–Kier alpha value is -1.84. The Kier molecular flexibility index (Phi) is 1.80. The van der Waals surface area contributed by atoms with Crippen LogP contribution in [0, 0.1) is 5.82 Å². The van der Waals surface area contributed by atoms with E-state index in [2.05, 4.69) is 5.32 Å². The molecular formula is C12H11FN2O. The molecular weight excluding hydrogens is 207 g/mol. The second-order valence-electron chi connectivity index (χ2n) is 4.16. The summed E-state index contributed by atoms with van der Waals surface area (Å²) < 4.78 is 15.1. The summed E-state index contributed by atoms with van der Waals surface area (Å²) in [6.45, 7) is 2.65. The van der Waals surface area contributed by atoms with E-state index in [-0.39, 0.29) is 17.8 Å². The van der Waals surface area contributed by atoms with Gasteiger partial charge in [0, 0.05) is 23.5 Å². The van der Waals surface area contributed by atoms with Crippen LogP contribution in [0.25, 0.3) is 10.9 Å². The molecule has 0 aliphatic carbocycles. The van der Waals surface area contributed by atoms with Crippen molar-refractivity contribution in [1.82, 2.24) is 9.88 Å². The lowest BCUT2D eigenvalue weighted by Gasteiger charge is -2.23. The molecule has 3 rings (SSSR count). The highest BCUT2D eigenvalue weighted by Gasteiger charge is 2.24. The maximum Gasteiger partial charge on any atom is 0.268 e. The lowest BCUT2D eigenvalue weighted by atomic mass is 10.2. The van der Waals surface area contributed by atoms with Gasteiger partial charge in [-0.25, -0.2) is 4.39 Å². The summed E-state index contributed by atoms with van der Waals surface area (Å²) in [6, 6.07) is 6.55. The van der Waals surface area contributed by atoms with Crippen LogP contribution < -0.4 is 5.32 Å². The number of hydrogen-bond donors (Lipinski definition) is 1. The van der Waals surface area contributed by atoms with E-state index < -0.39 is 0 Å². The first-order chi connectivity index (χ1) is 7.66. The molecule has 3 nitrogen and oxygen atoms in total. The lowest BCUT2D eigenvalue weighted by molar-refractivity contribution is 0.0919. The summed E-state index contributed by atoms with van der Waals surface area (Å²) >= 11 is 0. The van der Waals surface area contributed by atoms with Crippen LogP contribution in [0.15, 0.2) is 24.3 Å². The van der Waals surface area contributed by atoms with Gasteiger partial charge in [-0.1, -0.05) is 0 Å². The lowest BCUT2D eigenvalue weighted by Crippen LogP contribution is -2.37. The molecule has 1 unspecified atom stereocenters. The average Bonchev–Trinajstić information content (AvgIpc) is 2.63. The van der Waals surface area contributed by atoms with Gasteiger partial charge in [0.15, 0.2) is 0 Å². The van der Waals surface area contributed by atoms with Crippen LogP contribution in [0.1, 0.15) is 23.5 Å². The van der Waals surface area contributed by atoms with Crippen LogP contribution >= 0.6 is 0 Å². The van der Waals surface area contributed by atoms with Gasteiger partial charge in [0.2, 0.25) is 0 Å². The summed E-state index contributed by atoms with van der Waals surface area (Å²) in [6.07, 6.45) is 0. The van der Waals surface area contributed by atoms with E-state index >= 15 is 0 Å². The molecule has 16 heavy (non-hydrogen) atoms. The van der Waals surface area contributed by atoms with E-state index in [1.54, 1.807) is 12.1 Å². The Morgan fingerprint density at radius 3 is 3.06 bits per heavy atom. The molecule has 2 heterocycles. The van der Waals surface area contributed by atoms with Gasteiger partial charge in [0.05, 0.1) is 0 Å². The second kappa shape index (κ2) is 3.07. The first-order valence-corrected chi connectivity index (χ1v) is 5.25. The van der Waals surface area contributed by atoms with Gasteiger partial charge in [0.25, 0.3) is 5.91 Å². The van der Waals surface area contributed by atoms with Crippen LogP contribution in [0.2, 0.25) is 0 Å². The fraction of sp³-hybridized carbons (Fsp3) is 0.250. The summed E-state index contributed by atoms with van der Waals surface area (Å²) in [7, 11) is 0. The number of aromatic nitrogens is 1. The molecule has 4 heteroatoms. The number of rotatable bonds is 0. The molecule has 0 radical (unpaired) electrons. The summed E-state index contributed by atoms with van der Waals surface area (Å²) in [4.78, 5) is 11.7. The minimum atomic E-state index is -0.275. The van der Waals surface area contributed by atoms with Crippen molar-refractivity contribution in [3.63, 3.8) is 0 Å². The first kappa shape index (κ1) is 9.39. The third-order valence-corrected chi connectivity index (χ3v) is 3.03. The van der Waals surface area contributed by atoms with Crippen molar-refractivity contribution in [2.45, 2.75) is 13.0 Å². The minimum Gasteiger partial charge on any atom is -0.349 e. The highest BCUT2D eigenvalue weighted by Crippen LogP contribution is 2.26. The zero-order chi connectivity index (χ0) is 11.3. The standard InChI is InChI=1S/C12H11FN2O/c1-7-6-14-12(16)11-5-8-4-9(13)2-3-10(8)15(7)11/h2-5,7H,6H2,1H3,(H,14,16). The van der Waals surface area contributed by atoms with Crippen molar-refractivity contribution in [1.29, 1.82) is 0 Å². The Morgan fingerprint density at radius 1 is 1.44 bits per heavy atom. The highest BCUT2D eigenvalue weighted by atomic mass is 19.1. The smallest absolute Gasteiger partial charge is 0.268 e. The van der Waals surface area contributed by atoms with Gasteiger partial charge in [-0.05, 0) is 31.2 Å². The number of benzene rings is 1. The number of fused-ring (bicyclic) bond motifs is 3. The van der Waals surface area contributed by atoms with Crippen LogP contribution in [0.4, 0.5) is 4.39 Å². The number of nitrogens with zero attached hydrogens (tertiary/aromatic N) is 1. The molecule has 82 valence electrons. The zero-order valence-corrected chi connectivity index (χ0v) is 8.83. The van der Waals surface area contributed by atoms with E-state index in [1.807, 2.05) is 11.5 Å². The highest BCUT2D eigenvalue weighted by molar-refractivity contribution is 5.99. The van der Waals surface area contributed by atoms with Crippen molar-refractivity contribution >= 4 is 16.8 Å². The molecule has 1 atom stereocenters. The predicted molar refractivity (Wildman–Crippen MR) is 58.9 cm³/mol. The molecule has 1 N–H and O–H groups in total. The quantitative estimate of drug-likeness (QED) is 0.721. The fourth-order valence-electron chi connectivity index (χ4n) is 2.28. The molecule has 2 aromatic rings. The third-order valence-electron chi connectivity index (χ3n) is 3.03. The third kappa shape index (κ3) is 1.16. The minimum absolute atomic E-state index is 0.0882. The van der Waals surface area contributed by atoms with Gasteiger partial charge in [-0.3, -0.25) is 4.79 Å². The number of carbonyl (C=O) groups is 1. The van der Waals surface area contributed by atoms with Crippen LogP contribution in [-0.2, 0) is 0 Å². The number of nitrogens with one attached hydrogen (secondary N) is 1. The van der Waals surface area contributed by atoms with E-state index in [0.717, 1.165) is 10.9 Å². The number of carbonyl (C=O) groups excluding carboxylic acids is 1. The molecule has 0 spiro atoms. The van der Waals surface area contributed by atoms with Crippen molar-refractivity contribution < 1.29 is 9.18 Å². The summed E-state index contributed by atoms with van der Waals surface area (Å²) in [5.41, 5.74) is 1.53. The Morgan fingerprint density at radius 2 is 2.25 bits per heavy atom. The molecule has 0 saturated carbocycles. The van der Waals surface area contributed by atoms with E-state index in [1.165, 1.54) is 12.1 Å². The van der Waals surface area contributed by atoms with Crippen LogP contribution in [-0.4, -0.2) is 17.0 Å². The van der Waals surface area contributed by atoms with E-state index in [9.17, 15) is 9.18 Å². The number of hydrogen-bond acceptors (Lipinski definition) is 1. The van der Waals surface area contributed by atoms with Crippen molar-refractivity contribution in [3.05, 3.63) is 35.8 Å². The van der Waals surface area contributed by atoms with Crippen LogP contribution in [0.5, 0.6) is 0 Å². The second-order valence-corrected chi connectivity index (χ2v) is 4.16. The van der Waals surface area contributed by atoms with Gasteiger partial charge in [0.1, 0.15) is 11.5 Å². The van der Waals surface area contributed by atoms with Crippen LogP contribution in [0.3, 0.4) is 0 Å². The van der Waals surface area contributed by atoms with Gasteiger partial charge in [-0.2, -0.15) is 0 Å². The predicted octanol–water partition coefficient (Wildman–Crippen LogP) is 2.08.